The Bertz CT molecular complexity index is 727. The quantitative estimate of drug-likeness (QED) is 0.741. The fourth-order valence-electron chi connectivity index (χ4n) is 2.43. The Morgan fingerprint density at radius 2 is 1.71 bits per heavy atom. The Labute approximate surface area is 127 Å². The molecule has 21 heavy (non-hydrogen) atoms. The summed E-state index contributed by atoms with van der Waals surface area (Å²) in [5.74, 6) is -1.97. The van der Waals surface area contributed by atoms with Crippen LogP contribution in [-0.4, -0.2) is 12.1 Å². The van der Waals surface area contributed by atoms with E-state index in [1.54, 1.807) is 12.1 Å². The van der Waals surface area contributed by atoms with Gasteiger partial charge in [0, 0.05) is 5.69 Å². The van der Waals surface area contributed by atoms with Crippen molar-refractivity contribution in [2.24, 2.45) is 0 Å². The number of halogens is 4. The van der Waals surface area contributed by atoms with Crippen molar-refractivity contribution in [2.45, 2.75) is 11.0 Å². The van der Waals surface area contributed by atoms with Gasteiger partial charge in [0.1, 0.15) is 0 Å². The van der Waals surface area contributed by atoms with Gasteiger partial charge in [-0.2, -0.15) is 13.2 Å². The smallest absolute Gasteiger partial charge is 0.318 e. The first-order valence-corrected chi connectivity index (χ1v) is 7.05. The van der Waals surface area contributed by atoms with Crippen molar-refractivity contribution in [3.63, 3.8) is 0 Å². The molecule has 1 aliphatic carbocycles. The van der Waals surface area contributed by atoms with Crippen LogP contribution in [0.25, 0.3) is 11.1 Å². The molecule has 0 spiro atoms. The molecule has 3 rings (SSSR count). The van der Waals surface area contributed by atoms with Gasteiger partial charge in [-0.05, 0) is 34.4 Å². The fourth-order valence-corrected chi connectivity index (χ4v) is 3.21. The molecule has 0 saturated heterocycles. The standard InChI is InChI=1S/C15H9BrF3NO/c16-13-11-4-2-1-3-9(11)10-6-5-8(7-12(10)13)20-14(21)15(17,18)19/h1-7,13H,(H,20,21). The summed E-state index contributed by atoms with van der Waals surface area (Å²) in [4.78, 5) is 10.9. The van der Waals surface area contributed by atoms with E-state index in [4.69, 9.17) is 0 Å². The van der Waals surface area contributed by atoms with Gasteiger partial charge in [0.15, 0.2) is 0 Å². The number of carbonyl (C=O) groups excluding carboxylic acids is 1. The summed E-state index contributed by atoms with van der Waals surface area (Å²) in [7, 11) is 0. The highest BCUT2D eigenvalue weighted by Crippen LogP contribution is 2.48. The van der Waals surface area contributed by atoms with Gasteiger partial charge in [-0.1, -0.05) is 46.3 Å². The van der Waals surface area contributed by atoms with E-state index in [2.05, 4.69) is 15.9 Å². The first-order valence-electron chi connectivity index (χ1n) is 6.13. The van der Waals surface area contributed by atoms with Crippen LogP contribution in [0.4, 0.5) is 18.9 Å². The maximum Gasteiger partial charge on any atom is 0.471 e. The van der Waals surface area contributed by atoms with E-state index in [0.29, 0.717) is 0 Å². The van der Waals surface area contributed by atoms with Crippen LogP contribution < -0.4 is 5.32 Å². The lowest BCUT2D eigenvalue weighted by Gasteiger charge is -2.10. The SMILES string of the molecule is O=C(Nc1ccc2c(c1)C(Br)c1ccccc1-2)C(F)(F)F. The minimum Gasteiger partial charge on any atom is -0.318 e. The van der Waals surface area contributed by atoms with E-state index in [9.17, 15) is 18.0 Å². The summed E-state index contributed by atoms with van der Waals surface area (Å²) in [6.07, 6.45) is -4.89. The molecular formula is C15H9BrF3NO. The van der Waals surface area contributed by atoms with Crippen molar-refractivity contribution < 1.29 is 18.0 Å². The highest BCUT2D eigenvalue weighted by atomic mass is 79.9. The molecule has 6 heteroatoms. The second-order valence-corrected chi connectivity index (χ2v) is 5.62. The largest absolute Gasteiger partial charge is 0.471 e. The molecule has 2 aromatic rings. The van der Waals surface area contributed by atoms with Crippen molar-refractivity contribution >= 4 is 27.5 Å². The van der Waals surface area contributed by atoms with Crippen molar-refractivity contribution in [1.82, 2.24) is 0 Å². The van der Waals surface area contributed by atoms with E-state index in [0.717, 1.165) is 22.3 Å². The van der Waals surface area contributed by atoms with Gasteiger partial charge in [-0.25, -0.2) is 0 Å². The number of benzene rings is 2. The Morgan fingerprint density at radius 3 is 2.43 bits per heavy atom. The third-order valence-corrected chi connectivity index (χ3v) is 4.35. The maximum absolute atomic E-state index is 12.3. The van der Waals surface area contributed by atoms with Crippen LogP contribution in [0, 0.1) is 0 Å². The Morgan fingerprint density at radius 1 is 1.05 bits per heavy atom. The lowest BCUT2D eigenvalue weighted by Crippen LogP contribution is -2.29. The molecular weight excluding hydrogens is 347 g/mol. The van der Waals surface area contributed by atoms with Gasteiger partial charge in [-0.3, -0.25) is 4.79 Å². The minimum absolute atomic E-state index is 0.0913. The van der Waals surface area contributed by atoms with Crippen LogP contribution in [0.3, 0.4) is 0 Å². The van der Waals surface area contributed by atoms with Crippen LogP contribution in [0.1, 0.15) is 16.0 Å². The van der Waals surface area contributed by atoms with E-state index in [-0.39, 0.29) is 10.5 Å². The zero-order chi connectivity index (χ0) is 15.2. The third-order valence-electron chi connectivity index (χ3n) is 3.36. The molecule has 1 N–H and O–H groups in total. The number of alkyl halides is 4. The predicted octanol–water partition coefficient (Wildman–Crippen LogP) is 4.65. The van der Waals surface area contributed by atoms with Crippen molar-refractivity contribution in [3.05, 3.63) is 53.6 Å². The summed E-state index contributed by atoms with van der Waals surface area (Å²) in [6, 6.07) is 12.5. The molecule has 1 aliphatic rings. The molecule has 0 fully saturated rings. The van der Waals surface area contributed by atoms with E-state index in [1.807, 2.05) is 29.6 Å². The number of anilines is 1. The fraction of sp³-hybridized carbons (Fsp3) is 0.133. The molecule has 0 aromatic heterocycles. The van der Waals surface area contributed by atoms with E-state index in [1.165, 1.54) is 6.07 Å². The van der Waals surface area contributed by atoms with Gasteiger partial charge < -0.3 is 5.32 Å². The van der Waals surface area contributed by atoms with Crippen molar-refractivity contribution in [1.29, 1.82) is 0 Å². The highest BCUT2D eigenvalue weighted by Gasteiger charge is 2.39. The molecule has 0 heterocycles. The summed E-state index contributed by atoms with van der Waals surface area (Å²) >= 11 is 3.54. The molecule has 1 unspecified atom stereocenters. The monoisotopic (exact) mass is 355 g/mol. The number of nitrogens with one attached hydrogen (secondary N) is 1. The van der Waals surface area contributed by atoms with E-state index < -0.39 is 12.1 Å². The van der Waals surface area contributed by atoms with Crippen LogP contribution in [-0.2, 0) is 4.79 Å². The molecule has 2 aromatic carbocycles. The average molecular weight is 356 g/mol. The molecule has 0 bridgehead atoms. The lowest BCUT2D eigenvalue weighted by molar-refractivity contribution is -0.167. The average Bonchev–Trinajstić information content (AvgIpc) is 2.72. The van der Waals surface area contributed by atoms with Gasteiger partial charge in [0.2, 0.25) is 0 Å². The van der Waals surface area contributed by atoms with Crippen molar-refractivity contribution in [3.8, 4) is 11.1 Å². The third kappa shape index (κ3) is 2.44. The molecule has 0 radical (unpaired) electrons. The Kier molecular flexibility index (Phi) is 3.28. The Balaban J connectivity index is 1.96. The van der Waals surface area contributed by atoms with Gasteiger partial charge >= 0.3 is 12.1 Å². The molecule has 0 aliphatic heterocycles. The van der Waals surface area contributed by atoms with Gasteiger partial charge in [-0.15, -0.1) is 0 Å². The molecule has 1 amide bonds. The molecule has 2 nitrogen and oxygen atoms in total. The molecule has 0 saturated carbocycles. The molecule has 1 atom stereocenters. The van der Waals surface area contributed by atoms with Crippen LogP contribution in [0.15, 0.2) is 42.5 Å². The summed E-state index contributed by atoms with van der Waals surface area (Å²) in [5.41, 5.74) is 4.04. The van der Waals surface area contributed by atoms with E-state index >= 15 is 0 Å². The first kappa shape index (κ1) is 14.1. The molecule has 108 valence electrons. The van der Waals surface area contributed by atoms with Crippen LogP contribution in [0.2, 0.25) is 0 Å². The zero-order valence-electron chi connectivity index (χ0n) is 10.5. The number of fused-ring (bicyclic) bond motifs is 3. The topological polar surface area (TPSA) is 29.1 Å². The minimum atomic E-state index is -4.89. The lowest BCUT2D eigenvalue weighted by atomic mass is 10.1. The van der Waals surface area contributed by atoms with Crippen LogP contribution in [0.5, 0.6) is 0 Å². The summed E-state index contributed by atoms with van der Waals surface area (Å²) < 4.78 is 36.8. The van der Waals surface area contributed by atoms with Gasteiger partial charge in [0.25, 0.3) is 0 Å². The van der Waals surface area contributed by atoms with Crippen molar-refractivity contribution in [2.75, 3.05) is 5.32 Å². The predicted molar refractivity (Wildman–Crippen MR) is 77.3 cm³/mol. The number of rotatable bonds is 1. The second-order valence-electron chi connectivity index (χ2n) is 4.70. The number of hydrogen-bond donors (Lipinski definition) is 1. The summed E-state index contributed by atoms with van der Waals surface area (Å²) in [6.45, 7) is 0. The zero-order valence-corrected chi connectivity index (χ0v) is 12.1. The highest BCUT2D eigenvalue weighted by molar-refractivity contribution is 9.09. The normalized spacial score (nSPS) is 16.3. The Hall–Kier alpha value is -1.82. The first-order chi connectivity index (χ1) is 9.88. The second kappa shape index (κ2) is 4.87. The maximum atomic E-state index is 12.3. The number of hydrogen-bond acceptors (Lipinski definition) is 1. The number of carbonyl (C=O) groups is 1. The number of amides is 1. The summed E-state index contributed by atoms with van der Waals surface area (Å²) in [5, 5.41) is 1.87. The van der Waals surface area contributed by atoms with Gasteiger partial charge in [0.05, 0.1) is 4.83 Å². The van der Waals surface area contributed by atoms with Crippen LogP contribution >= 0.6 is 15.9 Å².